The fourth-order valence-electron chi connectivity index (χ4n) is 1.35. The summed E-state index contributed by atoms with van der Waals surface area (Å²) in [5, 5.41) is 0.241. The molecule has 0 bridgehead atoms. The van der Waals surface area contributed by atoms with Crippen LogP contribution in [0.2, 0.25) is 18.1 Å². The summed E-state index contributed by atoms with van der Waals surface area (Å²) in [5.74, 6) is 1.06. The predicted octanol–water partition coefficient (Wildman–Crippen LogP) is 5.40. The lowest BCUT2D eigenvalue weighted by Gasteiger charge is -2.37. The highest BCUT2D eigenvalue weighted by Gasteiger charge is 2.39. The molecule has 0 aliphatic heterocycles. The molecule has 0 amide bonds. The SMILES string of the molecule is CCc1cc(Br)ccc1O[Si](C)(C)C(C)(C)C. The van der Waals surface area contributed by atoms with Crippen molar-refractivity contribution in [3.8, 4) is 5.75 Å². The second kappa shape index (κ2) is 5.15. The molecular weight excluding hydrogens is 292 g/mol. The lowest BCUT2D eigenvalue weighted by molar-refractivity contribution is 0.487. The molecule has 0 heterocycles. The quantitative estimate of drug-likeness (QED) is 0.679. The minimum Gasteiger partial charge on any atom is -0.543 e. The van der Waals surface area contributed by atoms with Crippen molar-refractivity contribution in [1.82, 2.24) is 0 Å². The van der Waals surface area contributed by atoms with Gasteiger partial charge in [0.2, 0.25) is 8.32 Å². The van der Waals surface area contributed by atoms with Crippen LogP contribution < -0.4 is 4.43 Å². The molecule has 0 N–H and O–H groups in total. The van der Waals surface area contributed by atoms with Gasteiger partial charge in [-0.25, -0.2) is 0 Å². The Kier molecular flexibility index (Phi) is 4.47. The Morgan fingerprint density at radius 2 is 1.82 bits per heavy atom. The second-order valence-electron chi connectivity index (χ2n) is 5.97. The maximum atomic E-state index is 6.36. The van der Waals surface area contributed by atoms with Gasteiger partial charge in [0.1, 0.15) is 5.75 Å². The van der Waals surface area contributed by atoms with Crippen LogP contribution in [0.1, 0.15) is 33.3 Å². The van der Waals surface area contributed by atoms with E-state index in [-0.39, 0.29) is 5.04 Å². The summed E-state index contributed by atoms with van der Waals surface area (Å²) in [6, 6.07) is 6.30. The number of rotatable bonds is 3. The van der Waals surface area contributed by atoms with Gasteiger partial charge in [-0.05, 0) is 48.3 Å². The Morgan fingerprint density at radius 1 is 1.24 bits per heavy atom. The lowest BCUT2D eigenvalue weighted by Crippen LogP contribution is -2.44. The van der Waals surface area contributed by atoms with E-state index in [0.717, 1.165) is 16.6 Å². The number of hydrogen-bond acceptors (Lipinski definition) is 1. The first kappa shape index (κ1) is 14.8. The van der Waals surface area contributed by atoms with Crippen LogP contribution in [-0.2, 0) is 6.42 Å². The maximum Gasteiger partial charge on any atom is 0.250 e. The van der Waals surface area contributed by atoms with Crippen molar-refractivity contribution >= 4 is 24.2 Å². The van der Waals surface area contributed by atoms with Crippen molar-refractivity contribution < 1.29 is 4.43 Å². The molecule has 0 fully saturated rings. The highest BCUT2D eigenvalue weighted by Crippen LogP contribution is 2.38. The van der Waals surface area contributed by atoms with Gasteiger partial charge >= 0.3 is 0 Å². The zero-order chi connectivity index (χ0) is 13.3. The zero-order valence-corrected chi connectivity index (χ0v) is 14.3. The van der Waals surface area contributed by atoms with Crippen LogP contribution in [0.4, 0.5) is 0 Å². The standard InChI is InChI=1S/C14H23BrOSi/c1-7-11-10-12(15)8-9-13(11)16-17(5,6)14(2,3)4/h8-10H,7H2,1-6H3. The smallest absolute Gasteiger partial charge is 0.250 e. The van der Waals surface area contributed by atoms with E-state index < -0.39 is 8.32 Å². The monoisotopic (exact) mass is 314 g/mol. The van der Waals surface area contributed by atoms with Crippen LogP contribution in [0.15, 0.2) is 22.7 Å². The number of hydrogen-bond donors (Lipinski definition) is 0. The fourth-order valence-corrected chi connectivity index (χ4v) is 2.82. The third-order valence-electron chi connectivity index (χ3n) is 3.57. The van der Waals surface area contributed by atoms with Crippen LogP contribution in [0.3, 0.4) is 0 Å². The summed E-state index contributed by atoms with van der Waals surface area (Å²) in [7, 11) is -1.73. The summed E-state index contributed by atoms with van der Waals surface area (Å²) in [4.78, 5) is 0. The molecule has 0 spiro atoms. The molecule has 0 aliphatic rings. The van der Waals surface area contributed by atoms with Gasteiger partial charge in [0, 0.05) is 4.47 Å². The first-order valence-corrected chi connectivity index (χ1v) is 9.85. The van der Waals surface area contributed by atoms with E-state index in [1.54, 1.807) is 0 Å². The number of benzene rings is 1. The molecule has 96 valence electrons. The molecule has 1 aromatic rings. The molecule has 17 heavy (non-hydrogen) atoms. The predicted molar refractivity (Wildman–Crippen MR) is 81.3 cm³/mol. The molecule has 0 unspecified atom stereocenters. The Labute approximate surface area is 115 Å². The third kappa shape index (κ3) is 3.59. The van der Waals surface area contributed by atoms with Gasteiger partial charge in [-0.2, -0.15) is 0 Å². The van der Waals surface area contributed by atoms with Crippen molar-refractivity contribution in [2.24, 2.45) is 0 Å². The Balaban J connectivity index is 3.03. The normalized spacial score (nSPS) is 12.6. The zero-order valence-electron chi connectivity index (χ0n) is 11.7. The molecule has 0 saturated heterocycles. The molecule has 0 atom stereocenters. The Hall–Kier alpha value is -0.283. The minimum atomic E-state index is -1.73. The van der Waals surface area contributed by atoms with E-state index in [1.165, 1.54) is 5.56 Å². The van der Waals surface area contributed by atoms with Crippen molar-refractivity contribution in [3.63, 3.8) is 0 Å². The van der Waals surface area contributed by atoms with Gasteiger partial charge in [0.05, 0.1) is 0 Å². The second-order valence-corrected chi connectivity index (χ2v) is 11.6. The van der Waals surface area contributed by atoms with E-state index in [2.05, 4.69) is 74.9 Å². The molecule has 1 aromatic carbocycles. The molecule has 0 saturated carbocycles. The highest BCUT2D eigenvalue weighted by atomic mass is 79.9. The van der Waals surface area contributed by atoms with Crippen LogP contribution >= 0.6 is 15.9 Å². The van der Waals surface area contributed by atoms with E-state index in [0.29, 0.717) is 0 Å². The van der Waals surface area contributed by atoms with Gasteiger partial charge in [0.15, 0.2) is 0 Å². The molecule has 1 rings (SSSR count). The Bertz CT molecular complexity index is 394. The summed E-state index contributed by atoms with van der Waals surface area (Å²) >= 11 is 3.51. The molecule has 0 aromatic heterocycles. The van der Waals surface area contributed by atoms with Crippen LogP contribution in [-0.4, -0.2) is 8.32 Å². The number of halogens is 1. The van der Waals surface area contributed by atoms with Gasteiger partial charge in [-0.1, -0.05) is 43.6 Å². The molecule has 1 nitrogen and oxygen atoms in total. The van der Waals surface area contributed by atoms with E-state index in [1.807, 2.05) is 0 Å². The van der Waals surface area contributed by atoms with Gasteiger partial charge in [0.25, 0.3) is 0 Å². The van der Waals surface area contributed by atoms with E-state index in [4.69, 9.17) is 4.43 Å². The highest BCUT2D eigenvalue weighted by molar-refractivity contribution is 9.10. The molecular formula is C14H23BrOSi. The average molecular weight is 315 g/mol. The molecule has 0 radical (unpaired) electrons. The largest absolute Gasteiger partial charge is 0.543 e. The number of aryl methyl sites for hydroxylation is 1. The topological polar surface area (TPSA) is 9.23 Å². The third-order valence-corrected chi connectivity index (χ3v) is 8.41. The van der Waals surface area contributed by atoms with Crippen LogP contribution in [0.25, 0.3) is 0 Å². The maximum absolute atomic E-state index is 6.36. The lowest BCUT2D eigenvalue weighted by atomic mass is 10.1. The Morgan fingerprint density at radius 3 is 2.29 bits per heavy atom. The van der Waals surface area contributed by atoms with Crippen molar-refractivity contribution in [1.29, 1.82) is 0 Å². The fraction of sp³-hybridized carbons (Fsp3) is 0.571. The summed E-state index contributed by atoms with van der Waals surface area (Å²) in [6.07, 6.45) is 1.00. The van der Waals surface area contributed by atoms with E-state index >= 15 is 0 Å². The van der Waals surface area contributed by atoms with Crippen molar-refractivity contribution in [2.45, 2.75) is 52.2 Å². The van der Waals surface area contributed by atoms with E-state index in [9.17, 15) is 0 Å². The van der Waals surface area contributed by atoms with Crippen LogP contribution in [0.5, 0.6) is 5.75 Å². The summed E-state index contributed by atoms with van der Waals surface area (Å²) in [6.45, 7) is 13.5. The van der Waals surface area contributed by atoms with Crippen LogP contribution in [0, 0.1) is 0 Å². The molecule has 0 aliphatic carbocycles. The molecule has 3 heteroatoms. The van der Waals surface area contributed by atoms with Gasteiger partial charge < -0.3 is 4.43 Å². The summed E-state index contributed by atoms with van der Waals surface area (Å²) in [5.41, 5.74) is 1.28. The average Bonchev–Trinajstić information content (AvgIpc) is 2.18. The van der Waals surface area contributed by atoms with Gasteiger partial charge in [-0.3, -0.25) is 0 Å². The first-order valence-electron chi connectivity index (χ1n) is 6.15. The van der Waals surface area contributed by atoms with Gasteiger partial charge in [-0.15, -0.1) is 0 Å². The summed E-state index contributed by atoms with van der Waals surface area (Å²) < 4.78 is 7.48. The minimum absolute atomic E-state index is 0.241. The van der Waals surface area contributed by atoms with Crippen molar-refractivity contribution in [2.75, 3.05) is 0 Å². The first-order chi connectivity index (χ1) is 7.67. The van der Waals surface area contributed by atoms with Crippen molar-refractivity contribution in [3.05, 3.63) is 28.2 Å².